The molecular weight excluding hydrogens is 237 g/mol. The highest BCUT2D eigenvalue weighted by molar-refractivity contribution is 5.26. The molecule has 2 aromatic carbocycles. The maximum atomic E-state index is 12.8. The average molecular weight is 257 g/mol. The van der Waals surface area contributed by atoms with Crippen LogP contribution in [0.4, 0.5) is 4.39 Å². The molecule has 0 heterocycles. The number of hydrogen-bond donors (Lipinski definition) is 1. The standard InChI is InChI=1S/C17H20FN/c1-13-5-3-4-6-16(13)11-14(2)19-12-15-7-9-17(18)10-8-15/h3-10,14,19H,11-12H2,1-2H3. The minimum Gasteiger partial charge on any atom is -0.310 e. The van der Waals surface area contributed by atoms with Crippen molar-refractivity contribution in [2.45, 2.75) is 32.9 Å². The van der Waals surface area contributed by atoms with Gasteiger partial charge in [0.05, 0.1) is 0 Å². The van der Waals surface area contributed by atoms with E-state index in [1.165, 1.54) is 23.3 Å². The summed E-state index contributed by atoms with van der Waals surface area (Å²) in [5, 5.41) is 3.47. The van der Waals surface area contributed by atoms with Crippen LogP contribution >= 0.6 is 0 Å². The van der Waals surface area contributed by atoms with E-state index < -0.39 is 0 Å². The predicted octanol–water partition coefficient (Wildman–Crippen LogP) is 3.85. The van der Waals surface area contributed by atoms with E-state index in [0.29, 0.717) is 6.04 Å². The van der Waals surface area contributed by atoms with Gasteiger partial charge < -0.3 is 5.32 Å². The second-order valence-corrected chi connectivity index (χ2v) is 5.04. The summed E-state index contributed by atoms with van der Waals surface area (Å²) < 4.78 is 12.8. The zero-order valence-corrected chi connectivity index (χ0v) is 11.5. The molecule has 0 saturated heterocycles. The van der Waals surface area contributed by atoms with E-state index in [4.69, 9.17) is 0 Å². The Morgan fingerprint density at radius 2 is 1.74 bits per heavy atom. The van der Waals surface area contributed by atoms with Crippen LogP contribution in [0.15, 0.2) is 48.5 Å². The van der Waals surface area contributed by atoms with E-state index in [1.807, 2.05) is 12.1 Å². The summed E-state index contributed by atoms with van der Waals surface area (Å²) in [5.74, 6) is -0.184. The largest absolute Gasteiger partial charge is 0.310 e. The monoisotopic (exact) mass is 257 g/mol. The molecule has 0 aliphatic rings. The first-order valence-corrected chi connectivity index (χ1v) is 6.67. The number of benzene rings is 2. The van der Waals surface area contributed by atoms with Gasteiger partial charge in [-0.2, -0.15) is 0 Å². The Labute approximate surface area is 114 Å². The molecule has 1 N–H and O–H groups in total. The van der Waals surface area contributed by atoms with Crippen molar-refractivity contribution in [3.05, 3.63) is 71.0 Å². The van der Waals surface area contributed by atoms with Crippen LogP contribution in [0.2, 0.25) is 0 Å². The third kappa shape index (κ3) is 4.18. The molecule has 0 fully saturated rings. The van der Waals surface area contributed by atoms with Gasteiger partial charge in [0.1, 0.15) is 5.82 Å². The quantitative estimate of drug-likeness (QED) is 0.857. The van der Waals surface area contributed by atoms with Crippen LogP contribution in [0.25, 0.3) is 0 Å². The maximum absolute atomic E-state index is 12.8. The lowest BCUT2D eigenvalue weighted by Crippen LogP contribution is -2.27. The van der Waals surface area contributed by atoms with E-state index in [9.17, 15) is 4.39 Å². The fraction of sp³-hybridized carbons (Fsp3) is 0.294. The third-order valence-corrected chi connectivity index (χ3v) is 3.36. The molecule has 2 aromatic rings. The zero-order valence-electron chi connectivity index (χ0n) is 11.5. The van der Waals surface area contributed by atoms with Crippen molar-refractivity contribution >= 4 is 0 Å². The Kier molecular flexibility index (Phi) is 4.69. The van der Waals surface area contributed by atoms with E-state index in [1.54, 1.807) is 0 Å². The number of rotatable bonds is 5. The van der Waals surface area contributed by atoms with Gasteiger partial charge in [-0.1, -0.05) is 36.4 Å². The van der Waals surface area contributed by atoms with E-state index in [0.717, 1.165) is 18.5 Å². The van der Waals surface area contributed by atoms with Crippen LogP contribution in [0, 0.1) is 12.7 Å². The highest BCUT2D eigenvalue weighted by atomic mass is 19.1. The van der Waals surface area contributed by atoms with Crippen LogP contribution in [-0.2, 0) is 13.0 Å². The molecule has 1 unspecified atom stereocenters. The first-order valence-electron chi connectivity index (χ1n) is 6.67. The van der Waals surface area contributed by atoms with E-state index in [2.05, 4.69) is 43.4 Å². The van der Waals surface area contributed by atoms with Gasteiger partial charge in [-0.15, -0.1) is 0 Å². The molecule has 1 nitrogen and oxygen atoms in total. The molecule has 0 saturated carbocycles. The second kappa shape index (κ2) is 6.48. The smallest absolute Gasteiger partial charge is 0.123 e. The number of halogens is 1. The Morgan fingerprint density at radius 1 is 1.05 bits per heavy atom. The van der Waals surface area contributed by atoms with Gasteiger partial charge in [-0.05, 0) is 49.1 Å². The molecular formula is C17H20FN. The Hall–Kier alpha value is -1.67. The summed E-state index contributed by atoms with van der Waals surface area (Å²) in [6.07, 6.45) is 1.01. The van der Waals surface area contributed by atoms with Crippen molar-refractivity contribution in [2.24, 2.45) is 0 Å². The lowest BCUT2D eigenvalue weighted by molar-refractivity contribution is 0.543. The van der Waals surface area contributed by atoms with Gasteiger partial charge in [0.15, 0.2) is 0 Å². The molecule has 2 rings (SSSR count). The molecule has 0 aromatic heterocycles. The Morgan fingerprint density at radius 3 is 2.42 bits per heavy atom. The van der Waals surface area contributed by atoms with E-state index in [-0.39, 0.29) is 5.82 Å². The summed E-state index contributed by atoms with van der Waals surface area (Å²) in [5.41, 5.74) is 3.82. The maximum Gasteiger partial charge on any atom is 0.123 e. The molecule has 2 heteroatoms. The molecule has 1 atom stereocenters. The van der Waals surface area contributed by atoms with E-state index >= 15 is 0 Å². The molecule has 19 heavy (non-hydrogen) atoms. The lowest BCUT2D eigenvalue weighted by Gasteiger charge is -2.15. The number of hydrogen-bond acceptors (Lipinski definition) is 1. The summed E-state index contributed by atoms with van der Waals surface area (Å²) in [6, 6.07) is 15.5. The van der Waals surface area contributed by atoms with Gasteiger partial charge in [-0.3, -0.25) is 0 Å². The molecule has 0 aliphatic carbocycles. The van der Waals surface area contributed by atoms with Crippen molar-refractivity contribution in [3.8, 4) is 0 Å². The summed E-state index contributed by atoms with van der Waals surface area (Å²) in [6.45, 7) is 5.09. The summed E-state index contributed by atoms with van der Waals surface area (Å²) in [7, 11) is 0. The Balaban J connectivity index is 1.86. The summed E-state index contributed by atoms with van der Waals surface area (Å²) >= 11 is 0. The average Bonchev–Trinajstić information content (AvgIpc) is 2.41. The van der Waals surface area contributed by atoms with Gasteiger partial charge in [0.2, 0.25) is 0 Å². The number of aryl methyl sites for hydroxylation is 1. The lowest BCUT2D eigenvalue weighted by atomic mass is 10.0. The topological polar surface area (TPSA) is 12.0 Å². The van der Waals surface area contributed by atoms with Gasteiger partial charge in [-0.25, -0.2) is 4.39 Å². The predicted molar refractivity (Wildman–Crippen MR) is 77.6 cm³/mol. The van der Waals surface area contributed by atoms with Gasteiger partial charge in [0, 0.05) is 12.6 Å². The second-order valence-electron chi connectivity index (χ2n) is 5.04. The fourth-order valence-corrected chi connectivity index (χ4v) is 2.14. The van der Waals surface area contributed by atoms with Gasteiger partial charge in [0.25, 0.3) is 0 Å². The van der Waals surface area contributed by atoms with Gasteiger partial charge >= 0.3 is 0 Å². The normalized spacial score (nSPS) is 12.4. The Bertz CT molecular complexity index is 519. The molecule has 0 bridgehead atoms. The van der Waals surface area contributed by atoms with Crippen LogP contribution in [0.5, 0.6) is 0 Å². The SMILES string of the molecule is Cc1ccccc1CC(C)NCc1ccc(F)cc1. The molecule has 0 spiro atoms. The van der Waals surface area contributed by atoms with Crippen molar-refractivity contribution in [2.75, 3.05) is 0 Å². The highest BCUT2D eigenvalue weighted by Crippen LogP contribution is 2.10. The minimum atomic E-state index is -0.184. The fourth-order valence-electron chi connectivity index (χ4n) is 2.14. The molecule has 0 amide bonds. The highest BCUT2D eigenvalue weighted by Gasteiger charge is 2.05. The zero-order chi connectivity index (χ0) is 13.7. The molecule has 100 valence electrons. The summed E-state index contributed by atoms with van der Waals surface area (Å²) in [4.78, 5) is 0. The number of nitrogens with one attached hydrogen (secondary N) is 1. The third-order valence-electron chi connectivity index (χ3n) is 3.36. The first-order chi connectivity index (χ1) is 9.15. The van der Waals surface area contributed by atoms with Crippen LogP contribution < -0.4 is 5.32 Å². The van der Waals surface area contributed by atoms with Crippen molar-refractivity contribution in [3.63, 3.8) is 0 Å². The van der Waals surface area contributed by atoms with Crippen LogP contribution in [0.3, 0.4) is 0 Å². The minimum absolute atomic E-state index is 0.184. The van der Waals surface area contributed by atoms with Crippen molar-refractivity contribution in [1.82, 2.24) is 5.32 Å². The molecule has 0 radical (unpaired) electrons. The first kappa shape index (κ1) is 13.8. The van der Waals surface area contributed by atoms with Crippen LogP contribution in [0.1, 0.15) is 23.6 Å². The van der Waals surface area contributed by atoms with Crippen LogP contribution in [-0.4, -0.2) is 6.04 Å². The van der Waals surface area contributed by atoms with Crippen molar-refractivity contribution in [1.29, 1.82) is 0 Å². The molecule has 0 aliphatic heterocycles. The van der Waals surface area contributed by atoms with Crippen molar-refractivity contribution < 1.29 is 4.39 Å².